The predicted molar refractivity (Wildman–Crippen MR) is 142 cm³/mol. The normalized spacial score (nSPS) is 18.4. The zero-order chi connectivity index (χ0) is 26.7. The highest BCUT2D eigenvalue weighted by atomic mass is 16.5. The van der Waals surface area contributed by atoms with Crippen LogP contribution < -0.4 is 5.32 Å². The van der Waals surface area contributed by atoms with Gasteiger partial charge in [0, 0.05) is 56.0 Å². The minimum Gasteiger partial charge on any atom is -0.353 e. The number of nitrogens with one attached hydrogen (secondary N) is 1. The first-order valence-corrected chi connectivity index (χ1v) is 12.9. The summed E-state index contributed by atoms with van der Waals surface area (Å²) in [5.41, 5.74) is 3.19. The molecule has 3 aromatic rings. The second-order valence-corrected chi connectivity index (χ2v) is 10.1. The molecule has 5 rings (SSSR count). The van der Waals surface area contributed by atoms with E-state index in [2.05, 4.69) is 10.3 Å². The molecule has 8 heteroatoms. The molecule has 2 aliphatic heterocycles. The van der Waals surface area contributed by atoms with E-state index in [1.54, 1.807) is 34.3 Å². The summed E-state index contributed by atoms with van der Waals surface area (Å²) in [6.45, 7) is 5.20. The number of pyridine rings is 1. The Bertz CT molecular complexity index is 1300. The Balaban J connectivity index is 1.36. The van der Waals surface area contributed by atoms with Crippen LogP contribution in [0.4, 0.5) is 0 Å². The Hall–Kier alpha value is -4.04. The molecule has 0 saturated carbocycles. The Kier molecular flexibility index (Phi) is 7.24. The van der Waals surface area contributed by atoms with Crippen LogP contribution in [0.2, 0.25) is 0 Å². The van der Waals surface area contributed by atoms with Crippen LogP contribution in [0, 0.1) is 13.8 Å². The van der Waals surface area contributed by atoms with Crippen molar-refractivity contribution < 1.29 is 19.1 Å². The molecule has 0 aliphatic carbocycles. The topological polar surface area (TPSA) is 91.8 Å². The first-order valence-electron chi connectivity index (χ1n) is 12.9. The Morgan fingerprint density at radius 1 is 0.921 bits per heavy atom. The standard InChI is InChI=1S/C30H32N4O4/c1-21-5-9-24(10-6-21)28(36)33-16-13-30(14-17-33)34(29(37)25-11-7-22(2)8-12-25)26(20-38-30)27(35)32-19-23-4-3-15-31-18-23/h3-12,15,18,26H,13-14,16-17,19-20H2,1-2H3,(H,32,35). The summed E-state index contributed by atoms with van der Waals surface area (Å²) in [6.07, 6.45) is 4.23. The molecule has 8 nitrogen and oxygen atoms in total. The fourth-order valence-electron chi connectivity index (χ4n) is 5.15. The monoisotopic (exact) mass is 512 g/mol. The van der Waals surface area contributed by atoms with E-state index in [0.29, 0.717) is 43.6 Å². The Labute approximate surface area is 222 Å². The van der Waals surface area contributed by atoms with Crippen molar-refractivity contribution >= 4 is 17.7 Å². The van der Waals surface area contributed by atoms with Crippen LogP contribution in [0.1, 0.15) is 50.2 Å². The third-order valence-corrected chi connectivity index (χ3v) is 7.40. The lowest BCUT2D eigenvalue weighted by molar-refractivity contribution is -0.128. The van der Waals surface area contributed by atoms with Crippen LogP contribution in [-0.4, -0.2) is 64.0 Å². The number of hydrogen-bond acceptors (Lipinski definition) is 5. The van der Waals surface area contributed by atoms with Crippen LogP contribution in [-0.2, 0) is 16.1 Å². The van der Waals surface area contributed by atoms with E-state index >= 15 is 0 Å². The van der Waals surface area contributed by atoms with Crippen molar-refractivity contribution in [2.24, 2.45) is 0 Å². The van der Waals surface area contributed by atoms with Gasteiger partial charge >= 0.3 is 0 Å². The van der Waals surface area contributed by atoms with E-state index in [-0.39, 0.29) is 24.3 Å². The minimum atomic E-state index is -0.956. The van der Waals surface area contributed by atoms with E-state index in [0.717, 1.165) is 16.7 Å². The number of likely N-dealkylation sites (tertiary alicyclic amines) is 1. The van der Waals surface area contributed by atoms with E-state index in [4.69, 9.17) is 4.74 Å². The third kappa shape index (κ3) is 5.17. The molecule has 2 fully saturated rings. The van der Waals surface area contributed by atoms with E-state index < -0.39 is 11.8 Å². The maximum Gasteiger partial charge on any atom is 0.256 e. The van der Waals surface area contributed by atoms with Crippen LogP contribution in [0.3, 0.4) is 0 Å². The van der Waals surface area contributed by atoms with Crippen molar-refractivity contribution in [3.63, 3.8) is 0 Å². The largest absolute Gasteiger partial charge is 0.353 e. The lowest BCUT2D eigenvalue weighted by Gasteiger charge is -2.44. The minimum absolute atomic E-state index is 0.0416. The zero-order valence-electron chi connectivity index (χ0n) is 21.7. The first-order chi connectivity index (χ1) is 18.4. The summed E-state index contributed by atoms with van der Waals surface area (Å²) in [5, 5.41) is 2.94. The van der Waals surface area contributed by atoms with Gasteiger partial charge in [-0.25, -0.2) is 0 Å². The number of aryl methyl sites for hydroxylation is 2. The fraction of sp³-hybridized carbons (Fsp3) is 0.333. The molecule has 1 N–H and O–H groups in total. The van der Waals surface area contributed by atoms with Gasteiger partial charge in [-0.3, -0.25) is 24.3 Å². The summed E-state index contributed by atoms with van der Waals surface area (Å²) in [5.74, 6) is -0.563. The molecule has 0 radical (unpaired) electrons. The first kappa shape index (κ1) is 25.6. The highest BCUT2D eigenvalue weighted by molar-refractivity contribution is 5.98. The van der Waals surface area contributed by atoms with Crippen molar-refractivity contribution in [1.29, 1.82) is 0 Å². The average molecular weight is 513 g/mol. The predicted octanol–water partition coefficient (Wildman–Crippen LogP) is 3.49. The van der Waals surface area contributed by atoms with Gasteiger partial charge in [0.05, 0.1) is 6.61 Å². The number of rotatable bonds is 5. The molecule has 2 aliphatic rings. The maximum absolute atomic E-state index is 13.9. The molecule has 3 amide bonds. The van der Waals surface area contributed by atoms with Gasteiger partial charge < -0.3 is 15.0 Å². The summed E-state index contributed by atoms with van der Waals surface area (Å²) in [4.78, 5) is 47.8. The van der Waals surface area contributed by atoms with Gasteiger partial charge in [-0.2, -0.15) is 0 Å². The van der Waals surface area contributed by atoms with Crippen LogP contribution in [0.25, 0.3) is 0 Å². The maximum atomic E-state index is 13.9. The summed E-state index contributed by atoms with van der Waals surface area (Å²) < 4.78 is 6.29. The molecule has 1 aromatic heterocycles. The highest BCUT2D eigenvalue weighted by Crippen LogP contribution is 2.39. The van der Waals surface area contributed by atoms with Crippen molar-refractivity contribution in [3.05, 3.63) is 101 Å². The molecule has 1 spiro atoms. The zero-order valence-corrected chi connectivity index (χ0v) is 21.7. The number of hydrogen-bond donors (Lipinski definition) is 1. The lowest BCUT2D eigenvalue weighted by atomic mass is 9.96. The van der Waals surface area contributed by atoms with E-state index in [9.17, 15) is 14.4 Å². The van der Waals surface area contributed by atoms with Crippen molar-refractivity contribution in [3.8, 4) is 0 Å². The van der Waals surface area contributed by atoms with Gasteiger partial charge in [-0.05, 0) is 49.7 Å². The van der Waals surface area contributed by atoms with E-state index in [1.165, 1.54) is 0 Å². The SMILES string of the molecule is Cc1ccc(C(=O)N2CCC3(CC2)OCC(C(=O)NCc2cccnc2)N3C(=O)c2ccc(C)cc2)cc1. The molecule has 1 unspecified atom stereocenters. The molecule has 38 heavy (non-hydrogen) atoms. The molecule has 2 aromatic carbocycles. The number of piperidine rings is 1. The van der Waals surface area contributed by atoms with Crippen molar-refractivity contribution in [2.45, 2.75) is 45.0 Å². The number of ether oxygens (including phenoxy) is 1. The van der Waals surface area contributed by atoms with E-state index in [1.807, 2.05) is 62.4 Å². The summed E-state index contributed by atoms with van der Waals surface area (Å²) in [6, 6.07) is 17.8. The number of nitrogens with zero attached hydrogens (tertiary/aromatic N) is 3. The second-order valence-electron chi connectivity index (χ2n) is 10.1. The fourth-order valence-corrected chi connectivity index (χ4v) is 5.15. The van der Waals surface area contributed by atoms with Gasteiger partial charge in [-0.1, -0.05) is 41.5 Å². The van der Waals surface area contributed by atoms with Gasteiger partial charge in [-0.15, -0.1) is 0 Å². The molecular formula is C30H32N4O4. The van der Waals surface area contributed by atoms with Gasteiger partial charge in [0.1, 0.15) is 11.8 Å². The highest BCUT2D eigenvalue weighted by Gasteiger charge is 2.54. The molecule has 3 heterocycles. The lowest BCUT2D eigenvalue weighted by Crippen LogP contribution is -2.59. The smallest absolute Gasteiger partial charge is 0.256 e. The number of carbonyl (C=O) groups is 3. The molecule has 2 saturated heterocycles. The Morgan fingerprint density at radius 2 is 1.53 bits per heavy atom. The number of aromatic nitrogens is 1. The number of benzene rings is 2. The molecule has 196 valence electrons. The summed E-state index contributed by atoms with van der Waals surface area (Å²) >= 11 is 0. The number of amides is 3. The second kappa shape index (κ2) is 10.8. The van der Waals surface area contributed by atoms with Crippen LogP contribution in [0.5, 0.6) is 0 Å². The van der Waals surface area contributed by atoms with Gasteiger partial charge in [0.15, 0.2) is 0 Å². The Morgan fingerprint density at radius 3 is 2.11 bits per heavy atom. The van der Waals surface area contributed by atoms with Crippen LogP contribution in [0.15, 0.2) is 73.1 Å². The van der Waals surface area contributed by atoms with Gasteiger partial charge in [0.2, 0.25) is 5.91 Å². The molecule has 0 bridgehead atoms. The van der Waals surface area contributed by atoms with Crippen molar-refractivity contribution in [2.75, 3.05) is 19.7 Å². The van der Waals surface area contributed by atoms with Crippen molar-refractivity contribution in [1.82, 2.24) is 20.1 Å². The quantitative estimate of drug-likeness (QED) is 0.565. The van der Waals surface area contributed by atoms with Gasteiger partial charge in [0.25, 0.3) is 11.8 Å². The third-order valence-electron chi connectivity index (χ3n) is 7.40. The average Bonchev–Trinajstić information content (AvgIpc) is 3.31. The number of carbonyl (C=O) groups excluding carboxylic acids is 3. The molecular weight excluding hydrogens is 480 g/mol. The summed E-state index contributed by atoms with van der Waals surface area (Å²) in [7, 11) is 0. The molecule has 1 atom stereocenters. The van der Waals surface area contributed by atoms with Crippen LogP contribution >= 0.6 is 0 Å².